The second kappa shape index (κ2) is 7.35. The van der Waals surface area contributed by atoms with Gasteiger partial charge < -0.3 is 9.30 Å². The molecule has 0 amide bonds. The van der Waals surface area contributed by atoms with E-state index < -0.39 is 0 Å². The van der Waals surface area contributed by atoms with Crippen molar-refractivity contribution in [3.8, 4) is 11.1 Å². The Kier molecular flexibility index (Phi) is 5.46. The summed E-state index contributed by atoms with van der Waals surface area (Å²) in [5.41, 5.74) is 4.64. The van der Waals surface area contributed by atoms with Crippen LogP contribution in [0, 0.1) is 6.57 Å². The number of rotatable bonds is 5. The molecule has 0 N–H and O–H groups in total. The Bertz CT molecular complexity index is 777. The molecule has 4 nitrogen and oxygen atoms in total. The van der Waals surface area contributed by atoms with E-state index in [0.29, 0.717) is 35.9 Å². The average molecular weight is 324 g/mol. The number of esters is 1. The van der Waals surface area contributed by atoms with Gasteiger partial charge in [0.2, 0.25) is 5.69 Å². The van der Waals surface area contributed by atoms with Crippen molar-refractivity contribution >= 4 is 11.7 Å². The standard InChI is InChI=1S/C20H24N2O2/c1-7-16-18(21-5)17(19(22(16)6)20(23)24-8-2)15-11-9-14(10-12-15)13(3)4/h9-13H,7-8H2,1-4,6H3. The zero-order valence-electron chi connectivity index (χ0n) is 15.0. The summed E-state index contributed by atoms with van der Waals surface area (Å²) < 4.78 is 7.03. The molecule has 0 atom stereocenters. The number of nitrogens with zero attached hydrogens (tertiary/aromatic N) is 2. The van der Waals surface area contributed by atoms with Gasteiger partial charge in [0.1, 0.15) is 5.69 Å². The van der Waals surface area contributed by atoms with Gasteiger partial charge in [-0.1, -0.05) is 45.0 Å². The summed E-state index contributed by atoms with van der Waals surface area (Å²) in [4.78, 5) is 16.2. The highest BCUT2D eigenvalue weighted by atomic mass is 16.5. The minimum atomic E-state index is -0.382. The van der Waals surface area contributed by atoms with E-state index in [9.17, 15) is 4.79 Å². The second-order valence-corrected chi connectivity index (χ2v) is 6.04. The van der Waals surface area contributed by atoms with Crippen LogP contribution < -0.4 is 0 Å². The van der Waals surface area contributed by atoms with Crippen LogP contribution in [-0.2, 0) is 18.2 Å². The summed E-state index contributed by atoms with van der Waals surface area (Å²) in [6.45, 7) is 16.0. The number of ether oxygens (including phenoxy) is 1. The third-order valence-corrected chi connectivity index (χ3v) is 4.27. The van der Waals surface area contributed by atoms with Crippen LogP contribution in [0.1, 0.15) is 55.4 Å². The molecule has 4 heteroatoms. The van der Waals surface area contributed by atoms with Crippen molar-refractivity contribution in [1.29, 1.82) is 0 Å². The maximum absolute atomic E-state index is 12.5. The van der Waals surface area contributed by atoms with Crippen molar-refractivity contribution in [2.45, 2.75) is 40.0 Å². The van der Waals surface area contributed by atoms with E-state index in [0.717, 1.165) is 11.3 Å². The smallest absolute Gasteiger partial charge is 0.354 e. The fourth-order valence-corrected chi connectivity index (χ4v) is 2.99. The summed E-state index contributed by atoms with van der Waals surface area (Å²) in [5, 5.41) is 0. The van der Waals surface area contributed by atoms with Crippen LogP contribution in [0.25, 0.3) is 16.0 Å². The van der Waals surface area contributed by atoms with Crippen LogP contribution in [0.3, 0.4) is 0 Å². The van der Waals surface area contributed by atoms with E-state index in [1.165, 1.54) is 5.56 Å². The van der Waals surface area contributed by atoms with Crippen LogP contribution >= 0.6 is 0 Å². The van der Waals surface area contributed by atoms with Gasteiger partial charge in [-0.15, -0.1) is 0 Å². The molecule has 0 saturated carbocycles. The van der Waals surface area contributed by atoms with Gasteiger partial charge in [0.05, 0.1) is 13.2 Å². The topological polar surface area (TPSA) is 35.6 Å². The van der Waals surface area contributed by atoms with Crippen LogP contribution in [0.5, 0.6) is 0 Å². The molecule has 0 saturated heterocycles. The van der Waals surface area contributed by atoms with Crippen molar-refractivity contribution < 1.29 is 9.53 Å². The lowest BCUT2D eigenvalue weighted by molar-refractivity contribution is 0.0516. The van der Waals surface area contributed by atoms with E-state index in [1.54, 1.807) is 11.5 Å². The molecule has 2 aromatic rings. The predicted octanol–water partition coefficient (Wildman–Crippen LogP) is 5.11. The molecule has 0 fully saturated rings. The summed E-state index contributed by atoms with van der Waals surface area (Å²) in [6, 6.07) is 8.09. The normalized spacial score (nSPS) is 10.7. The molecule has 0 spiro atoms. The molecule has 1 aromatic heterocycles. The number of carbonyl (C=O) groups excluding carboxylic acids is 1. The zero-order chi connectivity index (χ0) is 17.9. The Labute approximate surface area is 143 Å². The highest BCUT2D eigenvalue weighted by Crippen LogP contribution is 2.40. The second-order valence-electron chi connectivity index (χ2n) is 6.04. The number of carbonyl (C=O) groups is 1. The average Bonchev–Trinajstić information content (AvgIpc) is 2.86. The molecular formula is C20H24N2O2. The van der Waals surface area contributed by atoms with Crippen molar-refractivity contribution in [3.63, 3.8) is 0 Å². The Morgan fingerprint density at radius 3 is 2.33 bits per heavy atom. The van der Waals surface area contributed by atoms with E-state index in [2.05, 4.69) is 30.8 Å². The number of hydrogen-bond donors (Lipinski definition) is 0. The van der Waals surface area contributed by atoms with Crippen molar-refractivity contribution in [3.05, 3.63) is 52.6 Å². The lowest BCUT2D eigenvalue weighted by Gasteiger charge is -2.10. The third kappa shape index (κ3) is 3.07. The van der Waals surface area contributed by atoms with Crippen molar-refractivity contribution in [2.75, 3.05) is 6.61 Å². The van der Waals surface area contributed by atoms with Crippen LogP contribution in [0.2, 0.25) is 0 Å². The Balaban J connectivity index is 2.71. The highest BCUT2D eigenvalue weighted by molar-refractivity contribution is 6.01. The summed E-state index contributed by atoms with van der Waals surface area (Å²) in [6.07, 6.45) is 0.685. The lowest BCUT2D eigenvalue weighted by atomic mass is 9.98. The zero-order valence-corrected chi connectivity index (χ0v) is 15.0. The van der Waals surface area contributed by atoms with Gasteiger partial charge >= 0.3 is 5.97 Å². The first kappa shape index (κ1) is 17.8. The molecule has 24 heavy (non-hydrogen) atoms. The molecule has 126 valence electrons. The summed E-state index contributed by atoms with van der Waals surface area (Å²) in [7, 11) is 1.83. The lowest BCUT2D eigenvalue weighted by Crippen LogP contribution is -2.12. The van der Waals surface area contributed by atoms with Gasteiger partial charge in [-0.3, -0.25) is 0 Å². The van der Waals surface area contributed by atoms with Gasteiger partial charge in [-0.2, -0.15) is 0 Å². The fraction of sp³-hybridized carbons (Fsp3) is 0.400. The van der Waals surface area contributed by atoms with Crippen molar-refractivity contribution in [1.82, 2.24) is 4.57 Å². The molecule has 0 unspecified atom stereocenters. The van der Waals surface area contributed by atoms with E-state index in [1.807, 2.05) is 26.1 Å². The van der Waals surface area contributed by atoms with E-state index >= 15 is 0 Å². The molecular weight excluding hydrogens is 300 g/mol. The summed E-state index contributed by atoms with van der Waals surface area (Å²) >= 11 is 0. The van der Waals surface area contributed by atoms with Crippen LogP contribution in [0.4, 0.5) is 5.69 Å². The Hall–Kier alpha value is -2.54. The largest absolute Gasteiger partial charge is 0.461 e. The first-order chi connectivity index (χ1) is 11.5. The molecule has 0 aliphatic carbocycles. The Morgan fingerprint density at radius 2 is 1.88 bits per heavy atom. The first-order valence-electron chi connectivity index (χ1n) is 8.32. The minimum Gasteiger partial charge on any atom is -0.461 e. The number of benzene rings is 1. The monoisotopic (exact) mass is 324 g/mol. The quantitative estimate of drug-likeness (QED) is 0.566. The Morgan fingerprint density at radius 1 is 1.25 bits per heavy atom. The molecule has 0 aliphatic rings. The third-order valence-electron chi connectivity index (χ3n) is 4.27. The molecule has 0 radical (unpaired) electrons. The molecule has 2 rings (SSSR count). The van der Waals surface area contributed by atoms with Gasteiger partial charge in [0.15, 0.2) is 0 Å². The summed E-state index contributed by atoms with van der Waals surface area (Å²) in [5.74, 6) is 0.0541. The van der Waals surface area contributed by atoms with E-state index in [4.69, 9.17) is 11.3 Å². The van der Waals surface area contributed by atoms with Crippen molar-refractivity contribution in [2.24, 2.45) is 7.05 Å². The molecule has 0 aliphatic heterocycles. The maximum Gasteiger partial charge on any atom is 0.354 e. The van der Waals surface area contributed by atoms with Gasteiger partial charge in [-0.05, 0) is 30.4 Å². The van der Waals surface area contributed by atoms with Gasteiger partial charge in [0.25, 0.3) is 0 Å². The van der Waals surface area contributed by atoms with E-state index in [-0.39, 0.29) is 5.97 Å². The number of hydrogen-bond acceptors (Lipinski definition) is 2. The van der Waals surface area contributed by atoms with Crippen LogP contribution in [-0.4, -0.2) is 17.1 Å². The molecule has 1 heterocycles. The molecule has 0 bridgehead atoms. The van der Waals surface area contributed by atoms with Gasteiger partial charge in [-0.25, -0.2) is 9.64 Å². The predicted molar refractivity (Wildman–Crippen MR) is 96.5 cm³/mol. The SMILES string of the molecule is [C-]#[N+]c1c(-c2ccc(C(C)C)cc2)c(C(=O)OCC)n(C)c1CC. The fourth-order valence-electron chi connectivity index (χ4n) is 2.99. The molecule has 1 aromatic carbocycles. The van der Waals surface area contributed by atoms with Crippen LogP contribution in [0.15, 0.2) is 24.3 Å². The number of aromatic nitrogens is 1. The maximum atomic E-state index is 12.5. The highest BCUT2D eigenvalue weighted by Gasteiger charge is 2.26. The minimum absolute atomic E-state index is 0.310. The van der Waals surface area contributed by atoms with Gasteiger partial charge in [0, 0.05) is 18.3 Å². The first-order valence-corrected chi connectivity index (χ1v) is 8.32.